The Morgan fingerprint density at radius 1 is 1.64 bits per heavy atom. The molecule has 4 nitrogen and oxygen atoms in total. The summed E-state index contributed by atoms with van der Waals surface area (Å²) in [6.07, 6.45) is 0.0246. The zero-order chi connectivity index (χ0) is 10.6. The Bertz CT molecular complexity index is 342. The first-order valence-corrected chi connectivity index (χ1v) is 4.18. The molecule has 5 heteroatoms. The third-order valence-electron chi connectivity index (χ3n) is 1.71. The van der Waals surface area contributed by atoms with Crippen molar-refractivity contribution in [1.29, 1.82) is 0 Å². The normalized spacial score (nSPS) is 9.86. The van der Waals surface area contributed by atoms with Crippen LogP contribution in [0.1, 0.15) is 12.1 Å². The number of nitrogens with one attached hydrogen (secondary N) is 1. The highest BCUT2D eigenvalue weighted by Gasteiger charge is 2.01. The van der Waals surface area contributed by atoms with Gasteiger partial charge in [-0.25, -0.2) is 4.98 Å². The molecular weight excluding hydrogens is 187 g/mol. The first-order valence-electron chi connectivity index (χ1n) is 4.18. The number of rotatable bonds is 4. The molecular formula is C9H11FN2O2. The fourth-order valence-electron chi connectivity index (χ4n) is 1.02. The van der Waals surface area contributed by atoms with E-state index in [1.54, 1.807) is 13.0 Å². The number of carboxylic acid groups (broad SMARTS) is 1. The average molecular weight is 198 g/mol. The molecule has 2 N–H and O–H groups in total. The molecule has 0 aliphatic heterocycles. The van der Waals surface area contributed by atoms with E-state index in [0.717, 1.165) is 0 Å². The number of hydrogen-bond acceptors (Lipinski definition) is 3. The van der Waals surface area contributed by atoms with Gasteiger partial charge >= 0.3 is 5.97 Å². The van der Waals surface area contributed by atoms with Crippen molar-refractivity contribution < 1.29 is 14.3 Å². The van der Waals surface area contributed by atoms with Crippen molar-refractivity contribution in [3.63, 3.8) is 0 Å². The molecule has 0 fully saturated rings. The maximum absolute atomic E-state index is 12.6. The van der Waals surface area contributed by atoms with Crippen LogP contribution in [0.3, 0.4) is 0 Å². The predicted molar refractivity (Wildman–Crippen MR) is 49.7 cm³/mol. The van der Waals surface area contributed by atoms with Crippen LogP contribution in [0.2, 0.25) is 0 Å². The molecule has 0 atom stereocenters. The van der Waals surface area contributed by atoms with E-state index in [9.17, 15) is 9.18 Å². The Kier molecular flexibility index (Phi) is 3.39. The van der Waals surface area contributed by atoms with Gasteiger partial charge in [0.25, 0.3) is 0 Å². The van der Waals surface area contributed by atoms with E-state index in [2.05, 4.69) is 10.3 Å². The van der Waals surface area contributed by atoms with Crippen molar-refractivity contribution in [2.75, 3.05) is 11.9 Å². The van der Waals surface area contributed by atoms with Crippen LogP contribution in [0.25, 0.3) is 0 Å². The topological polar surface area (TPSA) is 62.2 Å². The molecule has 0 unspecified atom stereocenters. The number of carboxylic acids is 1. The van der Waals surface area contributed by atoms with Gasteiger partial charge in [0.1, 0.15) is 0 Å². The van der Waals surface area contributed by atoms with Crippen LogP contribution in [-0.4, -0.2) is 22.6 Å². The highest BCUT2D eigenvalue weighted by molar-refractivity contribution is 5.67. The Labute approximate surface area is 80.8 Å². The molecule has 0 aromatic carbocycles. The lowest BCUT2D eigenvalue weighted by Gasteiger charge is -2.06. The fraction of sp³-hybridized carbons (Fsp3) is 0.333. The molecule has 0 spiro atoms. The SMILES string of the molecule is Cc1nc(F)ccc1NCCC(=O)O. The van der Waals surface area contributed by atoms with Gasteiger partial charge in [0.2, 0.25) is 5.95 Å². The van der Waals surface area contributed by atoms with Crippen LogP contribution in [-0.2, 0) is 4.79 Å². The van der Waals surface area contributed by atoms with Gasteiger partial charge in [-0.3, -0.25) is 4.79 Å². The number of hydrogen-bond donors (Lipinski definition) is 2. The molecule has 0 bridgehead atoms. The number of aromatic nitrogens is 1. The van der Waals surface area contributed by atoms with Gasteiger partial charge in [-0.05, 0) is 19.1 Å². The number of nitrogens with zero attached hydrogens (tertiary/aromatic N) is 1. The van der Waals surface area contributed by atoms with E-state index in [0.29, 0.717) is 17.9 Å². The van der Waals surface area contributed by atoms with Crippen LogP contribution in [0.15, 0.2) is 12.1 Å². The van der Waals surface area contributed by atoms with Crippen molar-refractivity contribution in [1.82, 2.24) is 4.98 Å². The number of carbonyl (C=O) groups is 1. The molecule has 1 rings (SSSR count). The quantitative estimate of drug-likeness (QED) is 0.718. The second-order valence-electron chi connectivity index (χ2n) is 2.84. The third kappa shape index (κ3) is 3.01. The smallest absolute Gasteiger partial charge is 0.305 e. The molecule has 0 saturated carbocycles. The largest absolute Gasteiger partial charge is 0.481 e. The van der Waals surface area contributed by atoms with Gasteiger partial charge in [-0.1, -0.05) is 0 Å². The second-order valence-corrected chi connectivity index (χ2v) is 2.84. The Morgan fingerprint density at radius 2 is 2.36 bits per heavy atom. The summed E-state index contributed by atoms with van der Waals surface area (Å²) < 4.78 is 12.6. The summed E-state index contributed by atoms with van der Waals surface area (Å²) in [5.41, 5.74) is 1.18. The molecule has 0 radical (unpaired) electrons. The highest BCUT2D eigenvalue weighted by Crippen LogP contribution is 2.11. The number of pyridine rings is 1. The van der Waals surface area contributed by atoms with Crippen molar-refractivity contribution in [3.05, 3.63) is 23.8 Å². The molecule has 0 aliphatic rings. The first-order chi connectivity index (χ1) is 6.59. The third-order valence-corrected chi connectivity index (χ3v) is 1.71. The summed E-state index contributed by atoms with van der Waals surface area (Å²) in [5, 5.41) is 11.3. The van der Waals surface area contributed by atoms with Crippen LogP contribution in [0, 0.1) is 12.9 Å². The monoisotopic (exact) mass is 198 g/mol. The zero-order valence-corrected chi connectivity index (χ0v) is 7.75. The van der Waals surface area contributed by atoms with E-state index < -0.39 is 11.9 Å². The van der Waals surface area contributed by atoms with E-state index in [4.69, 9.17) is 5.11 Å². The lowest BCUT2D eigenvalue weighted by Crippen LogP contribution is -2.09. The first kappa shape index (κ1) is 10.4. The van der Waals surface area contributed by atoms with Crippen molar-refractivity contribution in [2.45, 2.75) is 13.3 Å². The van der Waals surface area contributed by atoms with Gasteiger partial charge in [0.05, 0.1) is 17.8 Å². The lowest BCUT2D eigenvalue weighted by molar-refractivity contribution is -0.136. The number of aryl methyl sites for hydroxylation is 1. The fourth-order valence-corrected chi connectivity index (χ4v) is 1.02. The summed E-state index contributed by atoms with van der Waals surface area (Å²) >= 11 is 0. The van der Waals surface area contributed by atoms with Gasteiger partial charge < -0.3 is 10.4 Å². The molecule has 76 valence electrons. The zero-order valence-electron chi connectivity index (χ0n) is 7.75. The Balaban J connectivity index is 2.55. The van der Waals surface area contributed by atoms with Gasteiger partial charge in [0, 0.05) is 6.54 Å². The summed E-state index contributed by atoms with van der Waals surface area (Å²) in [6, 6.07) is 2.77. The average Bonchev–Trinajstić information content (AvgIpc) is 2.08. The van der Waals surface area contributed by atoms with Crippen LogP contribution in [0.4, 0.5) is 10.1 Å². The molecule has 14 heavy (non-hydrogen) atoms. The highest BCUT2D eigenvalue weighted by atomic mass is 19.1. The minimum atomic E-state index is -0.870. The molecule has 0 aliphatic carbocycles. The summed E-state index contributed by atoms with van der Waals surface area (Å²) in [5.74, 6) is -1.41. The van der Waals surface area contributed by atoms with Crippen molar-refractivity contribution in [2.24, 2.45) is 0 Å². The van der Waals surface area contributed by atoms with Gasteiger partial charge in [-0.2, -0.15) is 4.39 Å². The van der Waals surface area contributed by atoms with Crippen molar-refractivity contribution in [3.8, 4) is 0 Å². The molecule has 0 amide bonds. The maximum atomic E-state index is 12.6. The van der Waals surface area contributed by atoms with Crippen LogP contribution >= 0.6 is 0 Å². The summed E-state index contributed by atoms with van der Waals surface area (Å²) in [7, 11) is 0. The lowest BCUT2D eigenvalue weighted by atomic mass is 10.3. The Morgan fingerprint density at radius 3 is 2.93 bits per heavy atom. The standard InChI is InChI=1S/C9H11FN2O2/c1-6-7(2-3-8(10)12-6)11-5-4-9(13)14/h2-3,11H,4-5H2,1H3,(H,13,14). The number of aliphatic carboxylic acids is 1. The van der Waals surface area contributed by atoms with Crippen LogP contribution in [0.5, 0.6) is 0 Å². The second kappa shape index (κ2) is 4.55. The molecule has 0 saturated heterocycles. The molecule has 1 heterocycles. The molecule has 1 aromatic heterocycles. The Hall–Kier alpha value is -1.65. The maximum Gasteiger partial charge on any atom is 0.305 e. The van der Waals surface area contributed by atoms with Crippen molar-refractivity contribution >= 4 is 11.7 Å². The van der Waals surface area contributed by atoms with Gasteiger partial charge in [0.15, 0.2) is 0 Å². The predicted octanol–water partition coefficient (Wildman–Crippen LogP) is 1.42. The van der Waals surface area contributed by atoms with E-state index in [1.807, 2.05) is 0 Å². The minimum Gasteiger partial charge on any atom is -0.481 e. The number of anilines is 1. The van der Waals surface area contributed by atoms with E-state index in [-0.39, 0.29) is 6.42 Å². The number of halogens is 1. The van der Waals surface area contributed by atoms with E-state index >= 15 is 0 Å². The van der Waals surface area contributed by atoms with E-state index in [1.165, 1.54) is 6.07 Å². The summed E-state index contributed by atoms with van der Waals surface area (Å²) in [6.45, 7) is 1.97. The minimum absolute atomic E-state index is 0.0246. The summed E-state index contributed by atoms with van der Waals surface area (Å²) in [4.78, 5) is 13.8. The van der Waals surface area contributed by atoms with Crippen LogP contribution < -0.4 is 5.32 Å². The molecule has 1 aromatic rings. The van der Waals surface area contributed by atoms with Gasteiger partial charge in [-0.15, -0.1) is 0 Å².